The lowest BCUT2D eigenvalue weighted by Gasteiger charge is -2.53. The molecule has 2 saturated carbocycles. The van der Waals surface area contributed by atoms with Crippen LogP contribution in [0, 0.1) is 23.7 Å². The molecule has 2 unspecified atom stereocenters. The number of esters is 4. The van der Waals surface area contributed by atoms with Crippen molar-refractivity contribution in [3.8, 4) is 0 Å². The Morgan fingerprint density at radius 1 is 0.552 bits per heavy atom. The van der Waals surface area contributed by atoms with Crippen molar-refractivity contribution >= 4 is 23.9 Å². The van der Waals surface area contributed by atoms with Crippen molar-refractivity contribution in [3.05, 3.63) is 0 Å². The van der Waals surface area contributed by atoms with Gasteiger partial charge in [-0.15, -0.1) is 0 Å². The average Bonchev–Trinajstić information content (AvgIpc) is 3.38. The van der Waals surface area contributed by atoms with E-state index in [0.29, 0.717) is 0 Å². The summed E-state index contributed by atoms with van der Waals surface area (Å²) in [5.41, 5.74) is -6.06. The molecule has 0 amide bonds. The van der Waals surface area contributed by atoms with Crippen molar-refractivity contribution in [2.75, 3.05) is 28.4 Å². The Kier molecular flexibility index (Phi) is 2.78. The number of hydrogen-bond acceptors (Lipinski definition) is 11. The molecule has 0 aromatic rings. The van der Waals surface area contributed by atoms with Crippen LogP contribution in [0.4, 0.5) is 0 Å². The average molecular weight is 410 g/mol. The van der Waals surface area contributed by atoms with Crippen molar-refractivity contribution in [1.82, 2.24) is 0 Å². The Morgan fingerprint density at radius 3 is 1.00 bits per heavy atom. The highest BCUT2D eigenvalue weighted by atomic mass is 16.7. The van der Waals surface area contributed by atoms with Crippen LogP contribution in [0.15, 0.2) is 0 Å². The number of carbonyl (C=O) groups is 4. The Bertz CT molecular complexity index is 775. The topological polar surface area (TPSA) is 139 Å². The van der Waals surface area contributed by atoms with Crippen LogP contribution < -0.4 is 0 Å². The van der Waals surface area contributed by atoms with Crippen molar-refractivity contribution in [2.45, 2.75) is 34.6 Å². The van der Waals surface area contributed by atoms with Gasteiger partial charge in [0, 0.05) is 23.7 Å². The first-order chi connectivity index (χ1) is 13.8. The predicted molar refractivity (Wildman–Crippen MR) is 83.8 cm³/mol. The number of fused-ring (bicyclic) bond motifs is 14. The number of rotatable bonds is 4. The molecule has 10 atom stereocenters. The second-order valence-electron chi connectivity index (χ2n) is 8.28. The Balaban J connectivity index is 1.44. The summed E-state index contributed by atoms with van der Waals surface area (Å²) in [4.78, 5) is 50.3. The normalized spacial score (nSPS) is 55.6. The molecule has 2 aliphatic carbocycles. The van der Waals surface area contributed by atoms with Crippen LogP contribution in [0.2, 0.25) is 0 Å². The zero-order valence-electron chi connectivity index (χ0n) is 16.0. The summed E-state index contributed by atoms with van der Waals surface area (Å²) in [6.45, 7) is 0. The molecule has 0 aromatic carbocycles. The first kappa shape index (κ1) is 17.6. The van der Waals surface area contributed by atoms with E-state index < -0.39 is 82.2 Å². The van der Waals surface area contributed by atoms with Crippen LogP contribution in [0.25, 0.3) is 0 Å². The zero-order valence-corrected chi connectivity index (χ0v) is 16.0. The minimum Gasteiger partial charge on any atom is -0.467 e. The summed E-state index contributed by atoms with van der Waals surface area (Å²) < 4.78 is 37.3. The van der Waals surface area contributed by atoms with Crippen LogP contribution in [0.3, 0.4) is 0 Å². The van der Waals surface area contributed by atoms with Gasteiger partial charge < -0.3 is 33.2 Å². The highest BCUT2D eigenvalue weighted by Gasteiger charge is 3.08. The fourth-order valence-electron chi connectivity index (χ4n) is 7.17. The highest BCUT2D eigenvalue weighted by molar-refractivity contribution is 6.05. The molecule has 4 aliphatic heterocycles. The molecule has 11 heteroatoms. The molecule has 0 N–H and O–H groups in total. The Labute approximate surface area is 163 Å². The molecule has 29 heavy (non-hydrogen) atoms. The van der Waals surface area contributed by atoms with Gasteiger partial charge in [0.1, 0.15) is 0 Å². The van der Waals surface area contributed by atoms with Gasteiger partial charge in [0.25, 0.3) is 0 Å². The smallest absolute Gasteiger partial charge is 0.342 e. The van der Waals surface area contributed by atoms with Crippen LogP contribution in [0.1, 0.15) is 0 Å². The summed E-state index contributed by atoms with van der Waals surface area (Å²) in [7, 11) is 4.82. The lowest BCUT2D eigenvalue weighted by molar-refractivity contribution is -0.174. The molecule has 0 spiro atoms. The third-order valence-electron chi connectivity index (χ3n) is 8.00. The monoisotopic (exact) mass is 410 g/mol. The van der Waals surface area contributed by atoms with E-state index in [2.05, 4.69) is 0 Å². The zero-order chi connectivity index (χ0) is 20.7. The summed E-state index contributed by atoms with van der Waals surface area (Å²) in [5.74, 6) is -4.89. The van der Waals surface area contributed by atoms with E-state index in [1.807, 2.05) is 0 Å². The van der Waals surface area contributed by atoms with Gasteiger partial charge in [-0.1, -0.05) is 0 Å². The predicted octanol–water partition coefficient (Wildman–Crippen LogP) is -2.03. The second kappa shape index (κ2) is 4.57. The summed E-state index contributed by atoms with van der Waals surface area (Å²) in [6.07, 6.45) is -1.29. The van der Waals surface area contributed by atoms with Crippen molar-refractivity contribution in [1.29, 1.82) is 0 Å². The van der Waals surface area contributed by atoms with E-state index in [1.165, 1.54) is 28.4 Å². The van der Waals surface area contributed by atoms with Crippen LogP contribution >= 0.6 is 0 Å². The van der Waals surface area contributed by atoms with Gasteiger partial charge in [-0.05, 0) is 0 Å². The van der Waals surface area contributed by atoms with Gasteiger partial charge in [-0.3, -0.25) is 0 Å². The van der Waals surface area contributed by atoms with Gasteiger partial charge in [0.05, 0.1) is 40.6 Å². The largest absolute Gasteiger partial charge is 0.467 e. The molecular formula is C18H18O11. The van der Waals surface area contributed by atoms with Gasteiger partial charge in [0.15, 0.2) is 0 Å². The first-order valence-corrected chi connectivity index (χ1v) is 9.21. The lowest BCUT2D eigenvalue weighted by atomic mass is 9.40. The quantitative estimate of drug-likeness (QED) is 0.219. The molecule has 11 nitrogen and oxygen atoms in total. The number of ether oxygens (including phenoxy) is 7. The number of methoxy groups -OCH3 is 4. The van der Waals surface area contributed by atoms with Crippen LogP contribution in [-0.4, -0.2) is 86.9 Å². The molecule has 6 fully saturated rings. The number of epoxide rings is 2. The van der Waals surface area contributed by atoms with Gasteiger partial charge in [-0.2, -0.15) is 0 Å². The van der Waals surface area contributed by atoms with Crippen LogP contribution in [0.5, 0.6) is 0 Å². The fraction of sp³-hybridized carbons (Fsp3) is 0.778. The van der Waals surface area contributed by atoms with E-state index in [4.69, 9.17) is 33.2 Å². The van der Waals surface area contributed by atoms with E-state index in [1.54, 1.807) is 0 Å². The minimum atomic E-state index is -1.51. The van der Waals surface area contributed by atoms with Gasteiger partial charge >= 0.3 is 23.9 Å². The minimum absolute atomic E-state index is 0.526. The third-order valence-corrected chi connectivity index (χ3v) is 8.00. The summed E-state index contributed by atoms with van der Waals surface area (Å²) in [5, 5.41) is 0. The summed E-state index contributed by atoms with van der Waals surface area (Å²) >= 11 is 0. The Hall–Kier alpha value is -2.24. The Morgan fingerprint density at radius 2 is 0.793 bits per heavy atom. The molecule has 6 rings (SSSR count). The fourth-order valence-corrected chi connectivity index (χ4v) is 7.17. The van der Waals surface area contributed by atoms with E-state index >= 15 is 0 Å². The second-order valence-corrected chi connectivity index (χ2v) is 8.28. The number of carbonyl (C=O) groups excluding carboxylic acids is 4. The molecule has 6 aliphatic rings. The lowest BCUT2D eigenvalue weighted by Crippen LogP contribution is -2.76. The van der Waals surface area contributed by atoms with Crippen molar-refractivity contribution in [2.24, 2.45) is 23.7 Å². The van der Waals surface area contributed by atoms with E-state index in [0.717, 1.165) is 0 Å². The third kappa shape index (κ3) is 1.25. The van der Waals surface area contributed by atoms with E-state index in [9.17, 15) is 19.2 Å². The molecule has 156 valence electrons. The first-order valence-electron chi connectivity index (χ1n) is 9.21. The van der Waals surface area contributed by atoms with Crippen LogP contribution in [-0.2, 0) is 52.3 Å². The molecule has 0 aromatic heterocycles. The van der Waals surface area contributed by atoms with Crippen molar-refractivity contribution < 1.29 is 52.3 Å². The standard InChI is InChI=1S/C18H18O11/c1-23-11(19)15-5-6(16(15,28-15)12(20)24-2)10-8-7(9(5)27-10)17(13(21)25-3)18(8,29-17)14(22)26-4/h5-10H,1-4H3/t5-,6+,7+,8-,9?,10?,15+,16-,17-,18+. The van der Waals surface area contributed by atoms with E-state index in [-0.39, 0.29) is 0 Å². The maximum absolute atomic E-state index is 12.6. The molecule has 0 radical (unpaired) electrons. The van der Waals surface area contributed by atoms with Gasteiger partial charge in [0.2, 0.25) is 22.4 Å². The molecular weight excluding hydrogens is 392 g/mol. The maximum Gasteiger partial charge on any atom is 0.342 e. The van der Waals surface area contributed by atoms with Crippen molar-refractivity contribution in [3.63, 3.8) is 0 Å². The maximum atomic E-state index is 12.6. The molecule has 2 bridgehead atoms. The SMILES string of the molecule is COC(=O)[C@]12O[C@@]1(C(=O)OC)[C@@H]1C3OC([C@@H]4[C@H]3[C@@]3(C(=O)OC)O[C@@]43C(=O)OC)[C@@H]12. The summed E-state index contributed by atoms with van der Waals surface area (Å²) in [6, 6.07) is 0. The van der Waals surface area contributed by atoms with Gasteiger partial charge in [-0.25, -0.2) is 19.2 Å². The molecule has 4 saturated heterocycles. The highest BCUT2D eigenvalue weighted by Crippen LogP contribution is 2.87. The number of hydrogen-bond donors (Lipinski definition) is 0. The molecule has 4 heterocycles.